The van der Waals surface area contributed by atoms with Crippen molar-refractivity contribution in [2.24, 2.45) is 0 Å². The van der Waals surface area contributed by atoms with Gasteiger partial charge in [0.2, 0.25) is 0 Å². The van der Waals surface area contributed by atoms with Gasteiger partial charge in [-0.3, -0.25) is 4.79 Å². The zero-order valence-corrected chi connectivity index (χ0v) is 15.5. The van der Waals surface area contributed by atoms with Gasteiger partial charge in [-0.1, -0.05) is 17.7 Å². The monoisotopic (exact) mass is 369 g/mol. The lowest BCUT2D eigenvalue weighted by Crippen LogP contribution is -2.44. The molecular weight excluding hydrogens is 350 g/mol. The van der Waals surface area contributed by atoms with Crippen molar-refractivity contribution in [2.75, 3.05) is 45.2 Å². The van der Waals surface area contributed by atoms with E-state index in [1.54, 1.807) is 32.4 Å². The number of piperazine rings is 1. The SMILES string of the molecule is CN(C)C(=O)c1ccc(-c2cnc(N3CCNCC3)c(C#N)c2)cc1Cl. The van der Waals surface area contributed by atoms with Gasteiger partial charge < -0.3 is 15.1 Å². The van der Waals surface area contributed by atoms with E-state index in [0.29, 0.717) is 22.0 Å². The minimum Gasteiger partial charge on any atom is -0.353 e. The number of pyridine rings is 1. The van der Waals surface area contributed by atoms with Crippen molar-refractivity contribution in [3.05, 3.63) is 46.6 Å². The van der Waals surface area contributed by atoms with Crippen LogP contribution in [0.3, 0.4) is 0 Å². The fraction of sp³-hybridized carbons (Fsp3) is 0.316. The van der Waals surface area contributed by atoms with E-state index in [0.717, 1.165) is 37.3 Å². The molecule has 7 heteroatoms. The highest BCUT2D eigenvalue weighted by Gasteiger charge is 2.17. The number of rotatable bonds is 3. The highest BCUT2D eigenvalue weighted by atomic mass is 35.5. The van der Waals surface area contributed by atoms with Crippen molar-refractivity contribution in [1.29, 1.82) is 5.26 Å². The molecule has 3 rings (SSSR count). The van der Waals surface area contributed by atoms with Crippen LogP contribution < -0.4 is 10.2 Å². The van der Waals surface area contributed by atoms with Crippen molar-refractivity contribution in [2.45, 2.75) is 0 Å². The van der Waals surface area contributed by atoms with E-state index in [2.05, 4.69) is 21.3 Å². The summed E-state index contributed by atoms with van der Waals surface area (Å²) in [5.74, 6) is 0.565. The molecule has 134 valence electrons. The first-order valence-corrected chi connectivity index (χ1v) is 8.76. The van der Waals surface area contributed by atoms with Gasteiger partial charge in [0.15, 0.2) is 0 Å². The summed E-state index contributed by atoms with van der Waals surface area (Å²) in [6.45, 7) is 3.42. The minimum absolute atomic E-state index is 0.147. The van der Waals surface area contributed by atoms with Crippen LogP contribution >= 0.6 is 11.6 Å². The van der Waals surface area contributed by atoms with E-state index in [4.69, 9.17) is 11.6 Å². The number of nitrogens with one attached hydrogen (secondary N) is 1. The molecule has 26 heavy (non-hydrogen) atoms. The largest absolute Gasteiger partial charge is 0.353 e. The van der Waals surface area contributed by atoms with Gasteiger partial charge in [-0.05, 0) is 23.8 Å². The first kappa shape index (κ1) is 18.2. The van der Waals surface area contributed by atoms with Crippen LogP contribution in [0.1, 0.15) is 15.9 Å². The van der Waals surface area contributed by atoms with Gasteiger partial charge in [0, 0.05) is 52.0 Å². The number of hydrogen-bond acceptors (Lipinski definition) is 5. The average Bonchev–Trinajstić information content (AvgIpc) is 2.67. The first-order valence-electron chi connectivity index (χ1n) is 8.38. The van der Waals surface area contributed by atoms with Crippen LogP contribution in [0.25, 0.3) is 11.1 Å². The van der Waals surface area contributed by atoms with Crippen molar-refractivity contribution in [1.82, 2.24) is 15.2 Å². The van der Waals surface area contributed by atoms with E-state index in [1.807, 2.05) is 12.1 Å². The summed E-state index contributed by atoms with van der Waals surface area (Å²) in [7, 11) is 3.37. The molecule has 1 aromatic heterocycles. The van der Waals surface area contributed by atoms with E-state index < -0.39 is 0 Å². The molecule has 2 aromatic rings. The van der Waals surface area contributed by atoms with Gasteiger partial charge in [-0.25, -0.2) is 4.98 Å². The van der Waals surface area contributed by atoms with Crippen LogP contribution in [0.5, 0.6) is 0 Å². The number of benzene rings is 1. The third-order valence-electron chi connectivity index (χ3n) is 4.34. The van der Waals surface area contributed by atoms with Crippen LogP contribution in [-0.2, 0) is 0 Å². The van der Waals surface area contributed by atoms with Crippen LogP contribution in [0.15, 0.2) is 30.5 Å². The van der Waals surface area contributed by atoms with Gasteiger partial charge in [0.25, 0.3) is 5.91 Å². The fourth-order valence-electron chi connectivity index (χ4n) is 2.94. The molecule has 1 aliphatic heterocycles. The molecule has 1 N–H and O–H groups in total. The first-order chi connectivity index (χ1) is 12.5. The average molecular weight is 370 g/mol. The van der Waals surface area contributed by atoms with Crippen LogP contribution in [0, 0.1) is 11.3 Å². The Morgan fingerprint density at radius 3 is 2.62 bits per heavy atom. The van der Waals surface area contributed by atoms with E-state index >= 15 is 0 Å². The number of nitrogens with zero attached hydrogens (tertiary/aromatic N) is 4. The predicted octanol–water partition coefficient (Wildman–Crippen LogP) is 2.39. The number of amides is 1. The normalized spacial score (nSPS) is 14.0. The Morgan fingerprint density at radius 1 is 1.27 bits per heavy atom. The van der Waals surface area contributed by atoms with Crippen LogP contribution in [0.4, 0.5) is 5.82 Å². The van der Waals surface area contributed by atoms with E-state index in [-0.39, 0.29) is 5.91 Å². The molecule has 0 radical (unpaired) electrons. The Morgan fingerprint density at radius 2 is 2.00 bits per heavy atom. The third kappa shape index (κ3) is 3.64. The second-order valence-electron chi connectivity index (χ2n) is 6.34. The van der Waals surface area contributed by atoms with Crippen LogP contribution in [0.2, 0.25) is 5.02 Å². The minimum atomic E-state index is -0.147. The second-order valence-corrected chi connectivity index (χ2v) is 6.75. The van der Waals surface area contributed by atoms with Crippen molar-refractivity contribution in [3.8, 4) is 17.2 Å². The molecule has 1 amide bonds. The zero-order valence-electron chi connectivity index (χ0n) is 14.8. The summed E-state index contributed by atoms with van der Waals surface area (Å²) in [4.78, 5) is 20.2. The third-order valence-corrected chi connectivity index (χ3v) is 4.66. The molecular formula is C19H20ClN5O. The Bertz CT molecular complexity index is 869. The molecule has 6 nitrogen and oxygen atoms in total. The zero-order chi connectivity index (χ0) is 18.7. The van der Waals surface area contributed by atoms with Crippen LogP contribution in [-0.4, -0.2) is 56.1 Å². The Kier molecular flexibility index (Phi) is 5.40. The molecule has 0 atom stereocenters. The number of aromatic nitrogens is 1. The smallest absolute Gasteiger partial charge is 0.254 e. The maximum atomic E-state index is 12.1. The Labute approximate surface area is 158 Å². The lowest BCUT2D eigenvalue weighted by molar-refractivity contribution is 0.0828. The quantitative estimate of drug-likeness (QED) is 0.899. The summed E-state index contributed by atoms with van der Waals surface area (Å²) in [5.41, 5.74) is 2.60. The number of carbonyl (C=O) groups is 1. The molecule has 2 heterocycles. The fourth-order valence-corrected chi connectivity index (χ4v) is 3.20. The van der Waals surface area contributed by atoms with Gasteiger partial charge >= 0.3 is 0 Å². The maximum absolute atomic E-state index is 12.1. The second kappa shape index (κ2) is 7.73. The molecule has 0 spiro atoms. The predicted molar refractivity (Wildman–Crippen MR) is 102 cm³/mol. The molecule has 1 aromatic carbocycles. The molecule has 1 aliphatic rings. The summed E-state index contributed by atoms with van der Waals surface area (Å²) >= 11 is 6.30. The molecule has 1 saturated heterocycles. The summed E-state index contributed by atoms with van der Waals surface area (Å²) in [5, 5.41) is 13.2. The highest BCUT2D eigenvalue weighted by molar-refractivity contribution is 6.34. The van der Waals surface area contributed by atoms with Gasteiger partial charge in [0.1, 0.15) is 11.9 Å². The number of halogens is 1. The molecule has 0 aliphatic carbocycles. The number of anilines is 1. The maximum Gasteiger partial charge on any atom is 0.254 e. The highest BCUT2D eigenvalue weighted by Crippen LogP contribution is 2.29. The molecule has 0 bridgehead atoms. The standard InChI is InChI=1S/C19H20ClN5O/c1-24(2)19(26)16-4-3-13(10-17(16)20)15-9-14(11-21)18(23-12-15)25-7-5-22-6-8-25/h3-4,9-10,12,22H,5-8H2,1-2H3. The lowest BCUT2D eigenvalue weighted by Gasteiger charge is -2.29. The topological polar surface area (TPSA) is 72.3 Å². The van der Waals surface area contributed by atoms with Gasteiger partial charge in [0.05, 0.1) is 16.1 Å². The van der Waals surface area contributed by atoms with Gasteiger partial charge in [-0.2, -0.15) is 5.26 Å². The number of carbonyl (C=O) groups excluding carboxylic acids is 1. The number of nitriles is 1. The summed E-state index contributed by atoms with van der Waals surface area (Å²) in [6, 6.07) is 9.33. The molecule has 1 fully saturated rings. The Balaban J connectivity index is 1.93. The molecule has 0 saturated carbocycles. The molecule has 0 unspecified atom stereocenters. The van der Waals surface area contributed by atoms with E-state index in [9.17, 15) is 10.1 Å². The lowest BCUT2D eigenvalue weighted by atomic mass is 10.0. The van der Waals surface area contributed by atoms with Crippen molar-refractivity contribution >= 4 is 23.3 Å². The van der Waals surface area contributed by atoms with E-state index in [1.165, 1.54) is 4.90 Å². The van der Waals surface area contributed by atoms with Crippen molar-refractivity contribution < 1.29 is 4.79 Å². The number of hydrogen-bond donors (Lipinski definition) is 1. The Hall–Kier alpha value is -2.62. The summed E-state index contributed by atoms with van der Waals surface area (Å²) < 4.78 is 0. The summed E-state index contributed by atoms with van der Waals surface area (Å²) in [6.07, 6.45) is 1.75. The van der Waals surface area contributed by atoms with Crippen molar-refractivity contribution in [3.63, 3.8) is 0 Å². The van der Waals surface area contributed by atoms with Gasteiger partial charge in [-0.15, -0.1) is 0 Å².